The molecule has 4 heteroatoms. The fourth-order valence-corrected chi connectivity index (χ4v) is 2.27. The van der Waals surface area contributed by atoms with Gasteiger partial charge in [-0.25, -0.2) is 4.98 Å². The summed E-state index contributed by atoms with van der Waals surface area (Å²) in [5.74, 6) is 1.08. The van der Waals surface area contributed by atoms with Crippen molar-refractivity contribution in [2.75, 3.05) is 38.1 Å². The number of nitrogens with two attached hydrogens (primary N) is 1. The number of nitrogens with zero attached hydrogens (tertiary/aromatic N) is 3. The molecule has 0 spiro atoms. The van der Waals surface area contributed by atoms with Crippen LogP contribution in [0.5, 0.6) is 0 Å². The highest BCUT2D eigenvalue weighted by Gasteiger charge is 2.20. The van der Waals surface area contributed by atoms with Crippen LogP contribution in [0.4, 0.5) is 5.82 Å². The lowest BCUT2D eigenvalue weighted by molar-refractivity contribution is 0.312. The maximum atomic E-state index is 5.83. The first kappa shape index (κ1) is 14.3. The van der Waals surface area contributed by atoms with Crippen LogP contribution in [0.25, 0.3) is 0 Å². The molecular formula is C15H26N4. The van der Waals surface area contributed by atoms with E-state index in [0.29, 0.717) is 6.54 Å². The van der Waals surface area contributed by atoms with E-state index in [1.54, 1.807) is 0 Å². The average Bonchev–Trinajstić information content (AvgIpc) is 2.38. The van der Waals surface area contributed by atoms with Gasteiger partial charge in [0, 0.05) is 43.8 Å². The Bertz CT molecular complexity index is 428. The van der Waals surface area contributed by atoms with E-state index >= 15 is 0 Å². The van der Waals surface area contributed by atoms with Gasteiger partial charge in [0.2, 0.25) is 0 Å². The Morgan fingerprint density at radius 1 is 1.16 bits per heavy atom. The molecule has 19 heavy (non-hydrogen) atoms. The second-order valence-corrected chi connectivity index (χ2v) is 6.46. The molecule has 2 rings (SSSR count). The number of hydrogen-bond donors (Lipinski definition) is 1. The van der Waals surface area contributed by atoms with Gasteiger partial charge in [0.15, 0.2) is 0 Å². The minimum absolute atomic E-state index is 0.0620. The Kier molecular flexibility index (Phi) is 4.11. The van der Waals surface area contributed by atoms with Crippen LogP contribution in [-0.2, 0) is 12.0 Å². The molecule has 1 fully saturated rings. The van der Waals surface area contributed by atoms with Crippen molar-refractivity contribution in [2.45, 2.75) is 32.7 Å². The Morgan fingerprint density at radius 2 is 1.79 bits per heavy atom. The van der Waals surface area contributed by atoms with Crippen molar-refractivity contribution in [3.8, 4) is 0 Å². The highest BCUT2D eigenvalue weighted by Crippen LogP contribution is 2.25. The summed E-state index contributed by atoms with van der Waals surface area (Å²) in [6, 6.07) is 4.28. The maximum absolute atomic E-state index is 5.83. The maximum Gasteiger partial charge on any atom is 0.129 e. The monoisotopic (exact) mass is 262 g/mol. The summed E-state index contributed by atoms with van der Waals surface area (Å²) in [6.07, 6.45) is 0. The first-order chi connectivity index (χ1) is 8.90. The minimum Gasteiger partial charge on any atom is -0.354 e. The molecule has 2 heterocycles. The fraction of sp³-hybridized carbons (Fsp3) is 0.667. The van der Waals surface area contributed by atoms with Crippen LogP contribution in [0.15, 0.2) is 12.1 Å². The second kappa shape index (κ2) is 5.47. The van der Waals surface area contributed by atoms with Crippen LogP contribution in [0.2, 0.25) is 0 Å². The van der Waals surface area contributed by atoms with Gasteiger partial charge in [-0.15, -0.1) is 0 Å². The van der Waals surface area contributed by atoms with Gasteiger partial charge >= 0.3 is 0 Å². The summed E-state index contributed by atoms with van der Waals surface area (Å²) in [5, 5.41) is 0. The van der Waals surface area contributed by atoms with Gasteiger partial charge in [-0.3, -0.25) is 0 Å². The number of aromatic nitrogens is 1. The quantitative estimate of drug-likeness (QED) is 0.879. The lowest BCUT2D eigenvalue weighted by Crippen LogP contribution is -2.45. The van der Waals surface area contributed by atoms with Crippen LogP contribution in [0.1, 0.15) is 32.0 Å². The fourth-order valence-electron chi connectivity index (χ4n) is 2.27. The number of hydrogen-bond acceptors (Lipinski definition) is 4. The molecule has 0 saturated carbocycles. The number of likely N-dealkylation sites (N-methyl/N-ethyl adjacent to an activating group) is 1. The third-order valence-corrected chi connectivity index (χ3v) is 3.70. The number of piperazine rings is 1. The molecule has 0 amide bonds. The number of pyridine rings is 1. The normalized spacial score (nSPS) is 17.8. The molecule has 1 aliphatic heterocycles. The average molecular weight is 262 g/mol. The lowest BCUT2D eigenvalue weighted by atomic mass is 9.90. The van der Waals surface area contributed by atoms with E-state index < -0.39 is 0 Å². The first-order valence-electron chi connectivity index (χ1n) is 7.05. The molecule has 1 aromatic heterocycles. The van der Waals surface area contributed by atoms with Gasteiger partial charge in [0.1, 0.15) is 5.82 Å². The molecule has 1 aliphatic rings. The molecule has 0 aliphatic carbocycles. The molecule has 0 radical (unpaired) electrons. The van der Waals surface area contributed by atoms with Crippen molar-refractivity contribution in [3.05, 3.63) is 23.4 Å². The largest absolute Gasteiger partial charge is 0.354 e. The van der Waals surface area contributed by atoms with Crippen molar-refractivity contribution < 1.29 is 0 Å². The molecule has 0 aromatic carbocycles. The summed E-state index contributed by atoms with van der Waals surface area (Å²) in [6.45, 7) is 11.4. The topological polar surface area (TPSA) is 45.4 Å². The molecule has 106 valence electrons. The van der Waals surface area contributed by atoms with Gasteiger partial charge in [0.05, 0.1) is 0 Å². The summed E-state index contributed by atoms with van der Waals surface area (Å²) >= 11 is 0. The third-order valence-electron chi connectivity index (χ3n) is 3.70. The number of anilines is 1. The highest BCUT2D eigenvalue weighted by atomic mass is 15.3. The smallest absolute Gasteiger partial charge is 0.129 e. The van der Waals surface area contributed by atoms with Crippen molar-refractivity contribution in [2.24, 2.45) is 5.73 Å². The summed E-state index contributed by atoms with van der Waals surface area (Å²) in [5.41, 5.74) is 8.19. The molecule has 0 bridgehead atoms. The molecular weight excluding hydrogens is 236 g/mol. The van der Waals surface area contributed by atoms with Gasteiger partial charge < -0.3 is 15.5 Å². The summed E-state index contributed by atoms with van der Waals surface area (Å²) in [7, 11) is 2.17. The van der Waals surface area contributed by atoms with Gasteiger partial charge in [-0.2, -0.15) is 0 Å². The van der Waals surface area contributed by atoms with E-state index in [2.05, 4.69) is 49.8 Å². The second-order valence-electron chi connectivity index (χ2n) is 6.46. The van der Waals surface area contributed by atoms with Gasteiger partial charge in [-0.05, 0) is 24.7 Å². The SMILES string of the molecule is CN1CCN(c2cc(CN)cc(C(C)(C)C)n2)CC1. The molecule has 0 atom stereocenters. The summed E-state index contributed by atoms with van der Waals surface area (Å²) in [4.78, 5) is 9.58. The highest BCUT2D eigenvalue weighted by molar-refractivity contribution is 5.44. The third kappa shape index (κ3) is 3.45. The standard InChI is InChI=1S/C15H26N4/c1-15(2,3)13-9-12(11-16)10-14(17-13)19-7-5-18(4)6-8-19/h9-10H,5-8,11,16H2,1-4H3. The van der Waals surface area contributed by atoms with Crippen molar-refractivity contribution >= 4 is 5.82 Å². The van der Waals surface area contributed by atoms with Crippen molar-refractivity contribution in [1.82, 2.24) is 9.88 Å². The van der Waals surface area contributed by atoms with E-state index in [1.807, 2.05) is 0 Å². The van der Waals surface area contributed by atoms with E-state index in [1.165, 1.54) is 5.56 Å². The molecule has 4 nitrogen and oxygen atoms in total. The zero-order valence-corrected chi connectivity index (χ0v) is 12.6. The zero-order valence-electron chi connectivity index (χ0n) is 12.6. The van der Waals surface area contributed by atoms with E-state index in [-0.39, 0.29) is 5.41 Å². The summed E-state index contributed by atoms with van der Waals surface area (Å²) < 4.78 is 0. The van der Waals surface area contributed by atoms with Crippen LogP contribution >= 0.6 is 0 Å². The van der Waals surface area contributed by atoms with Crippen molar-refractivity contribution in [3.63, 3.8) is 0 Å². The molecule has 2 N–H and O–H groups in total. The van der Waals surface area contributed by atoms with Gasteiger partial charge in [0.25, 0.3) is 0 Å². The Morgan fingerprint density at radius 3 is 2.32 bits per heavy atom. The first-order valence-corrected chi connectivity index (χ1v) is 7.05. The van der Waals surface area contributed by atoms with E-state index in [4.69, 9.17) is 10.7 Å². The van der Waals surface area contributed by atoms with Crippen LogP contribution in [0.3, 0.4) is 0 Å². The zero-order chi connectivity index (χ0) is 14.0. The molecule has 1 saturated heterocycles. The van der Waals surface area contributed by atoms with E-state index in [0.717, 1.165) is 37.7 Å². The molecule has 1 aromatic rings. The Labute approximate surface area is 116 Å². The predicted octanol–water partition coefficient (Wildman–Crippen LogP) is 1.59. The number of rotatable bonds is 2. The van der Waals surface area contributed by atoms with Crippen LogP contribution in [0, 0.1) is 0 Å². The van der Waals surface area contributed by atoms with Crippen LogP contribution in [-0.4, -0.2) is 43.1 Å². The van der Waals surface area contributed by atoms with Gasteiger partial charge in [-0.1, -0.05) is 20.8 Å². The minimum atomic E-state index is 0.0620. The van der Waals surface area contributed by atoms with E-state index in [9.17, 15) is 0 Å². The Hall–Kier alpha value is -1.13. The Balaban J connectivity index is 2.29. The lowest BCUT2D eigenvalue weighted by Gasteiger charge is -2.34. The predicted molar refractivity (Wildman–Crippen MR) is 80.5 cm³/mol. The van der Waals surface area contributed by atoms with Crippen molar-refractivity contribution in [1.29, 1.82) is 0 Å². The van der Waals surface area contributed by atoms with Crippen LogP contribution < -0.4 is 10.6 Å². The molecule has 0 unspecified atom stereocenters.